The number of pyridine rings is 1. The van der Waals surface area contributed by atoms with Crippen LogP contribution in [0.3, 0.4) is 0 Å². The fourth-order valence-electron chi connectivity index (χ4n) is 1.48. The summed E-state index contributed by atoms with van der Waals surface area (Å²) >= 11 is 0. The number of fused-ring (bicyclic) bond motifs is 1. The first-order valence-corrected chi connectivity index (χ1v) is 4.32. The van der Waals surface area contributed by atoms with E-state index in [1.807, 2.05) is 0 Å². The zero-order valence-electron chi connectivity index (χ0n) is 8.07. The molecule has 0 saturated carbocycles. The molecule has 1 aromatic heterocycles. The van der Waals surface area contributed by atoms with Crippen LogP contribution in [0.4, 0.5) is 5.69 Å². The second-order valence-corrected chi connectivity index (χ2v) is 3.14. The Labute approximate surface area is 85.1 Å². The number of hydrogen-bond acceptors (Lipinski definition) is 4. The average Bonchev–Trinajstić information content (AvgIpc) is 2.20. The van der Waals surface area contributed by atoms with Gasteiger partial charge in [0.1, 0.15) is 0 Å². The van der Waals surface area contributed by atoms with Crippen LogP contribution in [-0.4, -0.2) is 17.2 Å². The van der Waals surface area contributed by atoms with E-state index in [4.69, 9.17) is 10.5 Å². The van der Waals surface area contributed by atoms with Gasteiger partial charge in [0.05, 0.1) is 12.6 Å². The Morgan fingerprint density at radius 3 is 2.87 bits per heavy atom. The van der Waals surface area contributed by atoms with E-state index in [1.165, 1.54) is 7.11 Å². The van der Waals surface area contributed by atoms with E-state index in [9.17, 15) is 9.90 Å². The molecule has 5 heteroatoms. The smallest absolute Gasteiger partial charge is 0.294 e. The molecule has 78 valence electrons. The van der Waals surface area contributed by atoms with Crippen molar-refractivity contribution in [3.8, 4) is 11.5 Å². The lowest BCUT2D eigenvalue weighted by atomic mass is 10.2. The van der Waals surface area contributed by atoms with Gasteiger partial charge in [-0.1, -0.05) is 0 Å². The van der Waals surface area contributed by atoms with Crippen molar-refractivity contribution in [1.29, 1.82) is 0 Å². The van der Waals surface area contributed by atoms with Crippen LogP contribution in [0.5, 0.6) is 11.5 Å². The summed E-state index contributed by atoms with van der Waals surface area (Å²) in [6, 6.07) is 4.96. The molecule has 1 heterocycles. The molecule has 0 radical (unpaired) electrons. The van der Waals surface area contributed by atoms with Gasteiger partial charge in [0.2, 0.25) is 5.75 Å². The number of nitrogens with two attached hydrogens (primary N) is 1. The number of aromatic hydroxyl groups is 1. The number of hydrogen-bond donors (Lipinski definition) is 3. The van der Waals surface area contributed by atoms with Gasteiger partial charge in [-0.3, -0.25) is 4.79 Å². The Morgan fingerprint density at radius 2 is 2.20 bits per heavy atom. The number of anilines is 1. The van der Waals surface area contributed by atoms with E-state index < -0.39 is 11.3 Å². The molecule has 0 unspecified atom stereocenters. The summed E-state index contributed by atoms with van der Waals surface area (Å²) in [5, 5.41) is 10.1. The molecule has 5 nitrogen and oxygen atoms in total. The molecule has 2 rings (SSSR count). The molecule has 0 spiro atoms. The predicted molar refractivity (Wildman–Crippen MR) is 57.2 cm³/mol. The Morgan fingerprint density at radius 1 is 1.47 bits per heavy atom. The SMILES string of the molecule is COc1c(O)c(=O)[nH]c2cc(N)ccc12. The molecule has 0 atom stereocenters. The molecule has 15 heavy (non-hydrogen) atoms. The minimum atomic E-state index is -0.593. The maximum absolute atomic E-state index is 11.3. The van der Waals surface area contributed by atoms with Gasteiger partial charge in [0.15, 0.2) is 5.75 Å². The highest BCUT2D eigenvalue weighted by Crippen LogP contribution is 2.30. The summed E-state index contributed by atoms with van der Waals surface area (Å²) in [5.74, 6) is -0.261. The van der Waals surface area contributed by atoms with Gasteiger partial charge in [0.25, 0.3) is 5.56 Å². The van der Waals surface area contributed by atoms with Crippen molar-refractivity contribution >= 4 is 16.6 Å². The van der Waals surface area contributed by atoms with E-state index >= 15 is 0 Å². The molecule has 0 aliphatic rings. The number of benzene rings is 1. The highest BCUT2D eigenvalue weighted by molar-refractivity contribution is 5.89. The van der Waals surface area contributed by atoms with Crippen molar-refractivity contribution in [3.05, 3.63) is 28.6 Å². The Bertz CT molecular complexity index is 575. The lowest BCUT2D eigenvalue weighted by Crippen LogP contribution is -2.07. The normalized spacial score (nSPS) is 10.5. The Hall–Kier alpha value is -2.17. The van der Waals surface area contributed by atoms with Gasteiger partial charge in [-0.15, -0.1) is 0 Å². The van der Waals surface area contributed by atoms with Crippen molar-refractivity contribution in [2.75, 3.05) is 12.8 Å². The zero-order chi connectivity index (χ0) is 11.0. The highest BCUT2D eigenvalue weighted by atomic mass is 16.5. The molecule has 4 N–H and O–H groups in total. The number of nitrogens with one attached hydrogen (secondary N) is 1. The third-order valence-corrected chi connectivity index (χ3v) is 2.17. The van der Waals surface area contributed by atoms with E-state index in [-0.39, 0.29) is 5.75 Å². The first kappa shape index (κ1) is 9.39. The molecule has 2 aromatic rings. The van der Waals surface area contributed by atoms with Gasteiger partial charge in [0, 0.05) is 11.1 Å². The summed E-state index contributed by atoms with van der Waals surface area (Å²) in [7, 11) is 1.39. The molecule has 1 aromatic carbocycles. The van der Waals surface area contributed by atoms with Crippen LogP contribution in [0, 0.1) is 0 Å². The quantitative estimate of drug-likeness (QED) is 0.603. The van der Waals surface area contributed by atoms with Gasteiger partial charge >= 0.3 is 0 Å². The summed E-state index contributed by atoms with van der Waals surface area (Å²) in [4.78, 5) is 13.8. The van der Waals surface area contributed by atoms with Crippen LogP contribution in [0.2, 0.25) is 0 Å². The standard InChI is InChI=1S/C10H10N2O3/c1-15-9-6-3-2-5(11)4-7(6)12-10(14)8(9)13/h2-4,13H,11H2,1H3,(H,12,14). The number of nitrogen functional groups attached to an aromatic ring is 1. The molecule has 0 aliphatic carbocycles. The molecule has 0 aliphatic heterocycles. The molecular formula is C10H10N2O3. The third kappa shape index (κ3) is 1.38. The predicted octanol–water partition coefficient (Wildman–Crippen LogP) is 0.824. The number of methoxy groups -OCH3 is 1. The summed E-state index contributed by atoms with van der Waals surface area (Å²) < 4.78 is 4.97. The van der Waals surface area contributed by atoms with Crippen molar-refractivity contribution in [2.45, 2.75) is 0 Å². The maximum Gasteiger partial charge on any atom is 0.294 e. The van der Waals surface area contributed by atoms with Gasteiger partial charge in [-0.05, 0) is 18.2 Å². The van der Waals surface area contributed by atoms with Crippen LogP contribution in [-0.2, 0) is 0 Å². The highest BCUT2D eigenvalue weighted by Gasteiger charge is 2.11. The van der Waals surface area contributed by atoms with Crippen LogP contribution in [0.15, 0.2) is 23.0 Å². The minimum Gasteiger partial charge on any atom is -0.500 e. The summed E-state index contributed by atoms with van der Waals surface area (Å²) in [6.07, 6.45) is 0. The molecular weight excluding hydrogens is 196 g/mol. The van der Waals surface area contributed by atoms with Crippen LogP contribution in [0.25, 0.3) is 10.9 Å². The van der Waals surface area contributed by atoms with Gasteiger partial charge < -0.3 is 20.6 Å². The van der Waals surface area contributed by atoms with Crippen LogP contribution >= 0.6 is 0 Å². The van der Waals surface area contributed by atoms with Crippen molar-refractivity contribution in [2.24, 2.45) is 0 Å². The fraction of sp³-hybridized carbons (Fsp3) is 0.100. The number of aromatic nitrogens is 1. The van der Waals surface area contributed by atoms with Crippen molar-refractivity contribution < 1.29 is 9.84 Å². The van der Waals surface area contributed by atoms with Crippen molar-refractivity contribution in [3.63, 3.8) is 0 Å². The zero-order valence-corrected chi connectivity index (χ0v) is 8.07. The van der Waals surface area contributed by atoms with Crippen LogP contribution < -0.4 is 16.0 Å². The van der Waals surface area contributed by atoms with E-state index in [1.54, 1.807) is 18.2 Å². The maximum atomic E-state index is 11.3. The second-order valence-electron chi connectivity index (χ2n) is 3.14. The van der Waals surface area contributed by atoms with E-state index in [0.29, 0.717) is 16.6 Å². The molecule has 0 fully saturated rings. The molecule has 0 bridgehead atoms. The first-order valence-electron chi connectivity index (χ1n) is 4.32. The lowest BCUT2D eigenvalue weighted by molar-refractivity contribution is 0.374. The topological polar surface area (TPSA) is 88.3 Å². The van der Waals surface area contributed by atoms with Crippen molar-refractivity contribution in [1.82, 2.24) is 4.98 Å². The number of H-pyrrole nitrogens is 1. The lowest BCUT2D eigenvalue weighted by Gasteiger charge is -2.07. The minimum absolute atomic E-state index is 0.161. The number of ether oxygens (including phenoxy) is 1. The largest absolute Gasteiger partial charge is 0.500 e. The third-order valence-electron chi connectivity index (χ3n) is 2.17. The Kier molecular flexibility index (Phi) is 2.00. The summed E-state index contributed by atoms with van der Waals surface area (Å²) in [6.45, 7) is 0. The molecule has 0 amide bonds. The number of rotatable bonds is 1. The van der Waals surface area contributed by atoms with E-state index in [0.717, 1.165) is 0 Å². The Balaban J connectivity index is 2.94. The average molecular weight is 206 g/mol. The summed E-state index contributed by atoms with van der Waals surface area (Å²) in [5.41, 5.74) is 6.06. The fourth-order valence-corrected chi connectivity index (χ4v) is 1.48. The first-order chi connectivity index (χ1) is 7.13. The van der Waals surface area contributed by atoms with Crippen LogP contribution in [0.1, 0.15) is 0 Å². The number of aromatic amines is 1. The monoisotopic (exact) mass is 206 g/mol. The van der Waals surface area contributed by atoms with E-state index in [2.05, 4.69) is 4.98 Å². The van der Waals surface area contributed by atoms with Gasteiger partial charge in [-0.25, -0.2) is 0 Å². The second kappa shape index (κ2) is 3.20. The molecule has 0 saturated heterocycles. The van der Waals surface area contributed by atoms with Gasteiger partial charge in [-0.2, -0.15) is 0 Å².